The zero-order chi connectivity index (χ0) is 14.7. The molecule has 3 nitrogen and oxygen atoms in total. The van der Waals surface area contributed by atoms with Crippen LogP contribution in [0.5, 0.6) is 0 Å². The van der Waals surface area contributed by atoms with E-state index in [4.69, 9.17) is 18.0 Å². The monoisotopic (exact) mass is 355 g/mol. The topological polar surface area (TPSA) is 32.5 Å². The third-order valence-corrected chi connectivity index (χ3v) is 4.92. The molecule has 20 heavy (non-hydrogen) atoms. The summed E-state index contributed by atoms with van der Waals surface area (Å²) < 4.78 is 0.966. The Morgan fingerprint density at radius 2 is 2.30 bits per heavy atom. The molecule has 1 aliphatic rings. The third kappa shape index (κ3) is 3.51. The van der Waals surface area contributed by atoms with E-state index in [0.717, 1.165) is 23.1 Å². The highest BCUT2D eigenvalue weighted by atomic mass is 79.9. The van der Waals surface area contributed by atoms with E-state index in [0.29, 0.717) is 11.0 Å². The molecular formula is C15H22BrN3S. The first kappa shape index (κ1) is 15.7. The minimum Gasteiger partial charge on any atom is -0.389 e. The number of nitrogens with zero attached hydrogens (tertiary/aromatic N) is 2. The molecule has 0 spiro atoms. The first-order valence-corrected chi connectivity index (χ1v) is 8.27. The Bertz CT molecular complexity index is 492. The van der Waals surface area contributed by atoms with Gasteiger partial charge in [0.2, 0.25) is 0 Å². The second-order valence-corrected chi connectivity index (χ2v) is 6.63. The predicted molar refractivity (Wildman–Crippen MR) is 93.6 cm³/mol. The van der Waals surface area contributed by atoms with E-state index in [1.165, 1.54) is 25.1 Å². The van der Waals surface area contributed by atoms with Gasteiger partial charge in [0.05, 0.1) is 0 Å². The number of anilines is 1. The van der Waals surface area contributed by atoms with Gasteiger partial charge in [-0.1, -0.05) is 19.1 Å². The zero-order valence-electron chi connectivity index (χ0n) is 12.1. The number of benzene rings is 1. The maximum absolute atomic E-state index is 5.69. The molecule has 0 bridgehead atoms. The molecular weight excluding hydrogens is 334 g/mol. The van der Waals surface area contributed by atoms with Gasteiger partial charge in [-0.3, -0.25) is 4.90 Å². The van der Waals surface area contributed by atoms with E-state index in [2.05, 4.69) is 51.8 Å². The van der Waals surface area contributed by atoms with Gasteiger partial charge >= 0.3 is 0 Å². The number of hydrogen-bond donors (Lipinski definition) is 1. The lowest BCUT2D eigenvalue weighted by atomic mass is 10.1. The highest BCUT2D eigenvalue weighted by molar-refractivity contribution is 9.10. The Morgan fingerprint density at radius 1 is 1.55 bits per heavy atom. The standard InChI is InChI=1S/C15H22BrN3S/c1-3-19-8-4-5-12(19)10-18(2)11-6-7-13(15(17)20)14(16)9-11/h6-7,9,12H,3-5,8,10H2,1-2H3,(H2,17,20). The van der Waals surface area contributed by atoms with Crippen LogP contribution in [-0.2, 0) is 0 Å². The van der Waals surface area contributed by atoms with Crippen LogP contribution in [0, 0.1) is 0 Å². The van der Waals surface area contributed by atoms with Gasteiger partial charge in [0.1, 0.15) is 4.99 Å². The van der Waals surface area contributed by atoms with Crippen LogP contribution in [0.2, 0.25) is 0 Å². The molecule has 1 aromatic rings. The maximum Gasteiger partial charge on any atom is 0.105 e. The molecule has 5 heteroatoms. The van der Waals surface area contributed by atoms with Crippen molar-refractivity contribution in [1.29, 1.82) is 0 Å². The second-order valence-electron chi connectivity index (χ2n) is 5.33. The fraction of sp³-hybridized carbons (Fsp3) is 0.533. The van der Waals surface area contributed by atoms with E-state index in [1.807, 2.05) is 6.07 Å². The SMILES string of the molecule is CCN1CCCC1CN(C)c1ccc(C(N)=S)c(Br)c1. The highest BCUT2D eigenvalue weighted by Crippen LogP contribution is 2.25. The van der Waals surface area contributed by atoms with Crippen LogP contribution in [0.3, 0.4) is 0 Å². The fourth-order valence-electron chi connectivity index (χ4n) is 2.88. The summed E-state index contributed by atoms with van der Waals surface area (Å²) in [5, 5.41) is 0. The van der Waals surface area contributed by atoms with Crippen molar-refractivity contribution in [3.8, 4) is 0 Å². The summed E-state index contributed by atoms with van der Waals surface area (Å²) in [6, 6.07) is 6.84. The number of likely N-dealkylation sites (tertiary alicyclic amines) is 1. The van der Waals surface area contributed by atoms with Crippen molar-refractivity contribution in [3.63, 3.8) is 0 Å². The van der Waals surface area contributed by atoms with E-state index in [1.54, 1.807) is 0 Å². The van der Waals surface area contributed by atoms with Gasteiger partial charge in [-0.2, -0.15) is 0 Å². The molecule has 110 valence electrons. The number of rotatable bonds is 5. The van der Waals surface area contributed by atoms with Crippen LogP contribution < -0.4 is 10.6 Å². The Hall–Kier alpha value is -0.650. The van der Waals surface area contributed by atoms with Crippen molar-refractivity contribution in [2.24, 2.45) is 5.73 Å². The molecule has 0 aromatic heterocycles. The van der Waals surface area contributed by atoms with Crippen molar-refractivity contribution in [3.05, 3.63) is 28.2 Å². The van der Waals surface area contributed by atoms with Crippen LogP contribution in [0.4, 0.5) is 5.69 Å². The molecule has 0 aliphatic carbocycles. The number of halogens is 1. The third-order valence-electron chi connectivity index (χ3n) is 4.05. The second kappa shape index (κ2) is 6.87. The van der Waals surface area contributed by atoms with E-state index >= 15 is 0 Å². The number of nitrogens with two attached hydrogens (primary N) is 1. The summed E-state index contributed by atoms with van der Waals surface area (Å²) in [7, 11) is 2.15. The van der Waals surface area contributed by atoms with Gasteiger partial charge < -0.3 is 10.6 Å². The largest absolute Gasteiger partial charge is 0.389 e. The van der Waals surface area contributed by atoms with E-state index < -0.39 is 0 Å². The van der Waals surface area contributed by atoms with Crippen LogP contribution >= 0.6 is 28.1 Å². The lowest BCUT2D eigenvalue weighted by Crippen LogP contribution is -2.38. The first-order valence-electron chi connectivity index (χ1n) is 7.07. The van der Waals surface area contributed by atoms with Gasteiger partial charge in [0.15, 0.2) is 0 Å². The molecule has 0 saturated carbocycles. The molecule has 1 saturated heterocycles. The molecule has 2 rings (SSSR count). The van der Waals surface area contributed by atoms with Crippen molar-refractivity contribution in [1.82, 2.24) is 4.90 Å². The van der Waals surface area contributed by atoms with Gasteiger partial charge in [-0.15, -0.1) is 0 Å². The molecule has 1 fully saturated rings. The molecule has 1 atom stereocenters. The average Bonchev–Trinajstić information content (AvgIpc) is 2.85. The van der Waals surface area contributed by atoms with Crippen LogP contribution in [0.15, 0.2) is 22.7 Å². The van der Waals surface area contributed by atoms with Crippen molar-refractivity contribution in [2.45, 2.75) is 25.8 Å². The number of hydrogen-bond acceptors (Lipinski definition) is 3. The maximum atomic E-state index is 5.69. The lowest BCUT2D eigenvalue weighted by molar-refractivity contribution is 0.270. The Balaban J connectivity index is 2.07. The van der Waals surface area contributed by atoms with E-state index in [9.17, 15) is 0 Å². The zero-order valence-corrected chi connectivity index (χ0v) is 14.5. The Morgan fingerprint density at radius 3 is 2.90 bits per heavy atom. The minimum absolute atomic E-state index is 0.430. The number of likely N-dealkylation sites (N-methyl/N-ethyl adjacent to an activating group) is 2. The van der Waals surface area contributed by atoms with Crippen LogP contribution in [0.25, 0.3) is 0 Å². The molecule has 1 heterocycles. The van der Waals surface area contributed by atoms with E-state index in [-0.39, 0.29) is 0 Å². The number of thiocarbonyl (C=S) groups is 1. The molecule has 1 unspecified atom stereocenters. The predicted octanol–water partition coefficient (Wildman–Crippen LogP) is 3.00. The van der Waals surface area contributed by atoms with Crippen molar-refractivity contribution >= 4 is 38.8 Å². The fourth-order valence-corrected chi connectivity index (χ4v) is 3.77. The van der Waals surface area contributed by atoms with Crippen LogP contribution in [0.1, 0.15) is 25.3 Å². The molecule has 1 aliphatic heterocycles. The van der Waals surface area contributed by atoms with Gasteiger partial charge in [0.25, 0.3) is 0 Å². The van der Waals surface area contributed by atoms with Crippen molar-refractivity contribution < 1.29 is 0 Å². The van der Waals surface area contributed by atoms with Crippen LogP contribution in [-0.4, -0.2) is 42.6 Å². The van der Waals surface area contributed by atoms with Gasteiger partial charge in [-0.05, 0) is 60.1 Å². The Kier molecular flexibility index (Phi) is 5.41. The average molecular weight is 356 g/mol. The molecule has 2 N–H and O–H groups in total. The van der Waals surface area contributed by atoms with Crippen molar-refractivity contribution in [2.75, 3.05) is 31.6 Å². The Labute approximate surface area is 135 Å². The summed E-state index contributed by atoms with van der Waals surface area (Å²) >= 11 is 8.58. The normalized spacial score (nSPS) is 19.2. The smallest absolute Gasteiger partial charge is 0.105 e. The van der Waals surface area contributed by atoms with Gasteiger partial charge in [-0.25, -0.2) is 0 Å². The molecule has 0 amide bonds. The molecule has 0 radical (unpaired) electrons. The summed E-state index contributed by atoms with van der Waals surface area (Å²) in [4.78, 5) is 5.31. The first-order chi connectivity index (χ1) is 9.52. The summed E-state index contributed by atoms with van der Waals surface area (Å²) in [5.41, 5.74) is 7.78. The quantitative estimate of drug-likeness (QED) is 0.823. The minimum atomic E-state index is 0.430. The van der Waals surface area contributed by atoms with Gasteiger partial charge in [0, 0.05) is 35.4 Å². The summed E-state index contributed by atoms with van der Waals surface area (Å²) in [6.45, 7) is 5.68. The lowest BCUT2D eigenvalue weighted by Gasteiger charge is -2.29. The molecule has 1 aromatic carbocycles. The highest BCUT2D eigenvalue weighted by Gasteiger charge is 2.24. The summed E-state index contributed by atoms with van der Waals surface area (Å²) in [5.74, 6) is 0. The summed E-state index contributed by atoms with van der Waals surface area (Å²) in [6.07, 6.45) is 2.61.